The van der Waals surface area contributed by atoms with Crippen LogP contribution in [0.5, 0.6) is 0 Å². The SMILES string of the molecule is C#CC=C1Cn2c(nc3ccccc32)S1. The Morgan fingerprint density at radius 2 is 2.33 bits per heavy atom. The van der Waals surface area contributed by atoms with Crippen LogP contribution in [0, 0.1) is 12.3 Å². The highest BCUT2D eigenvalue weighted by Gasteiger charge is 2.19. The third-order valence-corrected chi connectivity index (χ3v) is 3.40. The molecule has 2 aromatic rings. The number of fused-ring (bicyclic) bond motifs is 3. The number of nitrogens with zero attached hydrogens (tertiary/aromatic N) is 2. The third kappa shape index (κ3) is 1.26. The van der Waals surface area contributed by atoms with E-state index in [1.165, 1.54) is 10.4 Å². The van der Waals surface area contributed by atoms with Crippen LogP contribution in [0.2, 0.25) is 0 Å². The predicted octanol–water partition coefficient (Wildman–Crippen LogP) is 2.66. The smallest absolute Gasteiger partial charge is 0.174 e. The first-order valence-electron chi connectivity index (χ1n) is 4.67. The van der Waals surface area contributed by atoms with E-state index in [1.54, 1.807) is 11.8 Å². The van der Waals surface area contributed by atoms with Gasteiger partial charge in [-0.25, -0.2) is 4.98 Å². The van der Waals surface area contributed by atoms with Crippen molar-refractivity contribution in [2.75, 3.05) is 0 Å². The Morgan fingerprint density at radius 1 is 1.47 bits per heavy atom. The molecule has 0 bridgehead atoms. The Morgan fingerprint density at radius 3 is 3.20 bits per heavy atom. The summed E-state index contributed by atoms with van der Waals surface area (Å²) in [6, 6.07) is 8.16. The summed E-state index contributed by atoms with van der Waals surface area (Å²) in [5.41, 5.74) is 2.24. The summed E-state index contributed by atoms with van der Waals surface area (Å²) in [6.45, 7) is 0.852. The molecule has 0 atom stereocenters. The monoisotopic (exact) mass is 212 g/mol. The van der Waals surface area contributed by atoms with E-state index < -0.39 is 0 Å². The molecular formula is C12H8N2S. The first-order chi connectivity index (χ1) is 7.38. The van der Waals surface area contributed by atoms with Crippen molar-refractivity contribution < 1.29 is 0 Å². The summed E-state index contributed by atoms with van der Waals surface area (Å²) in [4.78, 5) is 5.73. The lowest BCUT2D eigenvalue weighted by molar-refractivity contribution is 0.768. The van der Waals surface area contributed by atoms with Crippen molar-refractivity contribution in [2.24, 2.45) is 0 Å². The Bertz CT molecular complexity index is 602. The minimum atomic E-state index is 0.852. The zero-order valence-corrected chi connectivity index (χ0v) is 8.79. The summed E-state index contributed by atoms with van der Waals surface area (Å²) in [5.74, 6) is 2.56. The minimum absolute atomic E-state index is 0.852. The van der Waals surface area contributed by atoms with Crippen LogP contribution >= 0.6 is 11.8 Å². The number of hydrogen-bond acceptors (Lipinski definition) is 2. The van der Waals surface area contributed by atoms with Crippen molar-refractivity contribution in [3.63, 3.8) is 0 Å². The summed E-state index contributed by atoms with van der Waals surface area (Å²) < 4.78 is 2.20. The van der Waals surface area contributed by atoms with Crippen LogP contribution in [0.3, 0.4) is 0 Å². The summed E-state index contributed by atoms with van der Waals surface area (Å²) in [6.07, 6.45) is 7.07. The molecule has 0 saturated heterocycles. The van der Waals surface area contributed by atoms with Crippen molar-refractivity contribution >= 4 is 22.8 Å². The average Bonchev–Trinajstić information content (AvgIpc) is 2.75. The molecule has 0 fully saturated rings. The Balaban J connectivity index is 2.17. The Kier molecular flexibility index (Phi) is 1.83. The molecule has 0 radical (unpaired) electrons. The molecule has 3 rings (SSSR count). The zero-order valence-electron chi connectivity index (χ0n) is 7.97. The maximum absolute atomic E-state index is 5.26. The molecule has 1 aliphatic heterocycles. The van der Waals surface area contributed by atoms with Crippen LogP contribution in [0.15, 0.2) is 40.4 Å². The standard InChI is InChI=1S/C12H8N2S/c1-2-5-9-8-14-11-7-4-3-6-10(11)13-12(14)15-9/h1,3-7H,8H2. The highest BCUT2D eigenvalue weighted by molar-refractivity contribution is 8.03. The molecule has 3 heteroatoms. The Labute approximate surface area is 92.0 Å². The van der Waals surface area contributed by atoms with Crippen LogP contribution in [0.4, 0.5) is 0 Å². The second-order valence-corrected chi connectivity index (χ2v) is 4.44. The molecule has 0 N–H and O–H groups in total. The van der Waals surface area contributed by atoms with Gasteiger partial charge in [-0.05, 0) is 18.2 Å². The molecule has 15 heavy (non-hydrogen) atoms. The molecule has 1 aromatic heterocycles. The van der Waals surface area contributed by atoms with Crippen LogP contribution in [-0.4, -0.2) is 9.55 Å². The lowest BCUT2D eigenvalue weighted by Gasteiger charge is -1.96. The molecule has 0 saturated carbocycles. The highest BCUT2D eigenvalue weighted by Crippen LogP contribution is 2.37. The molecule has 0 spiro atoms. The highest BCUT2D eigenvalue weighted by atomic mass is 32.2. The van der Waals surface area contributed by atoms with Crippen LogP contribution in [0.25, 0.3) is 11.0 Å². The lowest BCUT2D eigenvalue weighted by Crippen LogP contribution is -1.91. The quantitative estimate of drug-likeness (QED) is 0.625. The largest absolute Gasteiger partial charge is 0.314 e. The second kappa shape index (κ2) is 3.18. The molecule has 72 valence electrons. The van der Waals surface area contributed by atoms with Gasteiger partial charge in [0, 0.05) is 4.91 Å². The molecule has 0 amide bonds. The molecule has 2 nitrogen and oxygen atoms in total. The van der Waals surface area contributed by atoms with Gasteiger partial charge < -0.3 is 4.57 Å². The van der Waals surface area contributed by atoms with Crippen LogP contribution in [0.1, 0.15) is 0 Å². The summed E-state index contributed by atoms with van der Waals surface area (Å²) in [5, 5.41) is 1.04. The fraction of sp³-hybridized carbons (Fsp3) is 0.0833. The van der Waals surface area contributed by atoms with Crippen LogP contribution < -0.4 is 0 Å². The number of allylic oxidation sites excluding steroid dienone is 2. The number of rotatable bonds is 0. The topological polar surface area (TPSA) is 17.8 Å². The number of para-hydroxylation sites is 2. The fourth-order valence-electron chi connectivity index (χ4n) is 1.76. The average molecular weight is 212 g/mol. The van der Waals surface area contributed by atoms with E-state index >= 15 is 0 Å². The lowest BCUT2D eigenvalue weighted by atomic mass is 10.3. The molecule has 0 unspecified atom stereocenters. The first kappa shape index (κ1) is 8.63. The van der Waals surface area contributed by atoms with Crippen molar-refractivity contribution in [1.29, 1.82) is 0 Å². The molecular weight excluding hydrogens is 204 g/mol. The van der Waals surface area contributed by atoms with Gasteiger partial charge in [-0.15, -0.1) is 6.42 Å². The third-order valence-electron chi connectivity index (χ3n) is 2.40. The predicted molar refractivity (Wildman–Crippen MR) is 62.5 cm³/mol. The fourth-order valence-corrected chi connectivity index (χ4v) is 2.73. The first-order valence-corrected chi connectivity index (χ1v) is 5.48. The maximum atomic E-state index is 5.26. The molecule has 2 heterocycles. The Hall–Kier alpha value is -1.66. The number of hydrogen-bond donors (Lipinski definition) is 0. The van der Waals surface area contributed by atoms with Crippen molar-refractivity contribution in [3.05, 3.63) is 35.2 Å². The van der Waals surface area contributed by atoms with Crippen molar-refractivity contribution in [3.8, 4) is 12.3 Å². The molecule has 1 aromatic carbocycles. The van der Waals surface area contributed by atoms with E-state index in [-0.39, 0.29) is 0 Å². The summed E-state index contributed by atoms with van der Waals surface area (Å²) >= 11 is 1.66. The van der Waals surface area contributed by atoms with Gasteiger partial charge >= 0.3 is 0 Å². The van der Waals surface area contributed by atoms with E-state index in [2.05, 4.69) is 21.5 Å². The van der Waals surface area contributed by atoms with Gasteiger partial charge in [-0.2, -0.15) is 0 Å². The number of thioether (sulfide) groups is 1. The van der Waals surface area contributed by atoms with Gasteiger partial charge in [-0.3, -0.25) is 0 Å². The zero-order chi connectivity index (χ0) is 10.3. The van der Waals surface area contributed by atoms with Gasteiger partial charge in [0.25, 0.3) is 0 Å². The van der Waals surface area contributed by atoms with Gasteiger partial charge in [0.2, 0.25) is 0 Å². The normalized spacial score (nSPS) is 16.9. The maximum Gasteiger partial charge on any atom is 0.174 e. The van der Waals surface area contributed by atoms with E-state index in [1.807, 2.05) is 24.3 Å². The summed E-state index contributed by atoms with van der Waals surface area (Å²) in [7, 11) is 0. The van der Waals surface area contributed by atoms with E-state index in [4.69, 9.17) is 6.42 Å². The van der Waals surface area contributed by atoms with Crippen molar-refractivity contribution in [1.82, 2.24) is 9.55 Å². The second-order valence-electron chi connectivity index (χ2n) is 3.35. The minimum Gasteiger partial charge on any atom is -0.314 e. The number of imidazole rings is 1. The van der Waals surface area contributed by atoms with E-state index in [9.17, 15) is 0 Å². The van der Waals surface area contributed by atoms with Crippen molar-refractivity contribution in [2.45, 2.75) is 11.7 Å². The molecule has 1 aliphatic rings. The molecule has 0 aliphatic carbocycles. The van der Waals surface area contributed by atoms with Crippen LogP contribution in [-0.2, 0) is 6.54 Å². The van der Waals surface area contributed by atoms with Gasteiger partial charge in [0.1, 0.15) is 0 Å². The van der Waals surface area contributed by atoms with Gasteiger partial charge in [0.15, 0.2) is 5.16 Å². The number of terminal acetylenes is 1. The van der Waals surface area contributed by atoms with Gasteiger partial charge in [-0.1, -0.05) is 29.8 Å². The van der Waals surface area contributed by atoms with E-state index in [0.29, 0.717) is 0 Å². The van der Waals surface area contributed by atoms with Gasteiger partial charge in [0.05, 0.1) is 17.6 Å². The number of benzene rings is 1. The number of aromatic nitrogens is 2. The van der Waals surface area contributed by atoms with E-state index in [0.717, 1.165) is 17.2 Å².